The van der Waals surface area contributed by atoms with Gasteiger partial charge in [0.1, 0.15) is 0 Å². The van der Waals surface area contributed by atoms with Gasteiger partial charge >= 0.3 is 0 Å². The van der Waals surface area contributed by atoms with Crippen LogP contribution in [0.25, 0.3) is 0 Å². The Morgan fingerprint density at radius 2 is 2.06 bits per heavy atom. The van der Waals surface area contributed by atoms with Crippen molar-refractivity contribution in [3.63, 3.8) is 0 Å². The second-order valence-electron chi connectivity index (χ2n) is 4.79. The topological polar surface area (TPSA) is 29.1 Å². The first-order chi connectivity index (χ1) is 8.70. The minimum atomic E-state index is -0.790. The highest BCUT2D eigenvalue weighted by molar-refractivity contribution is 7.84. The van der Waals surface area contributed by atoms with Crippen molar-refractivity contribution in [1.29, 1.82) is 0 Å². The summed E-state index contributed by atoms with van der Waals surface area (Å²) in [5, 5.41) is 4.49. The van der Waals surface area contributed by atoms with Gasteiger partial charge in [-0.1, -0.05) is 37.1 Å². The average Bonchev–Trinajstić information content (AvgIpc) is 2.81. The molecule has 1 aliphatic rings. The standard InChI is InChI=1S/C14H20ClNOS/c1-2-16-13-4-3-5-14(13)18(17)10-11-6-8-12(15)9-7-11/h6-9,13-14,16H,2-5,10H2,1H3. The molecule has 0 heterocycles. The first-order valence-corrected chi connectivity index (χ1v) is 8.31. The van der Waals surface area contributed by atoms with E-state index in [1.165, 1.54) is 6.42 Å². The van der Waals surface area contributed by atoms with Gasteiger partial charge in [-0.05, 0) is 37.1 Å². The number of nitrogens with one attached hydrogen (secondary N) is 1. The van der Waals surface area contributed by atoms with Gasteiger partial charge < -0.3 is 5.32 Å². The van der Waals surface area contributed by atoms with E-state index in [2.05, 4.69) is 12.2 Å². The van der Waals surface area contributed by atoms with Gasteiger partial charge in [-0.3, -0.25) is 4.21 Å². The quantitative estimate of drug-likeness (QED) is 0.901. The van der Waals surface area contributed by atoms with Crippen molar-refractivity contribution in [2.24, 2.45) is 0 Å². The summed E-state index contributed by atoms with van der Waals surface area (Å²) in [7, 11) is -0.790. The van der Waals surface area contributed by atoms with Crippen LogP contribution in [0, 0.1) is 0 Å². The molecule has 0 amide bonds. The molecule has 4 heteroatoms. The summed E-state index contributed by atoms with van der Waals surface area (Å²) in [5.74, 6) is 0.643. The maximum absolute atomic E-state index is 12.4. The molecule has 2 nitrogen and oxygen atoms in total. The highest BCUT2D eigenvalue weighted by atomic mass is 35.5. The number of benzene rings is 1. The van der Waals surface area contributed by atoms with Crippen molar-refractivity contribution >= 4 is 22.4 Å². The molecule has 3 unspecified atom stereocenters. The molecule has 18 heavy (non-hydrogen) atoms. The van der Waals surface area contributed by atoms with E-state index in [1.807, 2.05) is 24.3 Å². The number of halogens is 1. The second kappa shape index (κ2) is 6.69. The molecule has 1 saturated carbocycles. The fourth-order valence-corrected chi connectivity index (χ4v) is 4.48. The van der Waals surface area contributed by atoms with E-state index < -0.39 is 10.8 Å². The Kier molecular flexibility index (Phi) is 5.22. The Hall–Kier alpha value is -0.380. The van der Waals surface area contributed by atoms with Gasteiger partial charge in [0.15, 0.2) is 0 Å². The Bertz CT molecular complexity index is 407. The van der Waals surface area contributed by atoms with E-state index in [0.717, 1.165) is 30.0 Å². The van der Waals surface area contributed by atoms with Crippen molar-refractivity contribution in [2.75, 3.05) is 6.54 Å². The first-order valence-electron chi connectivity index (χ1n) is 6.55. The zero-order chi connectivity index (χ0) is 13.0. The maximum atomic E-state index is 12.4. The molecular weight excluding hydrogens is 266 g/mol. The molecule has 0 aliphatic heterocycles. The highest BCUT2D eigenvalue weighted by Gasteiger charge is 2.31. The summed E-state index contributed by atoms with van der Waals surface area (Å²) in [4.78, 5) is 0. The average molecular weight is 286 g/mol. The molecule has 1 aromatic carbocycles. The minimum Gasteiger partial charge on any atom is -0.313 e. The van der Waals surface area contributed by atoms with Gasteiger partial charge in [0.25, 0.3) is 0 Å². The van der Waals surface area contributed by atoms with Crippen molar-refractivity contribution < 1.29 is 4.21 Å². The van der Waals surface area contributed by atoms with Crippen LogP contribution < -0.4 is 5.32 Å². The lowest BCUT2D eigenvalue weighted by Crippen LogP contribution is -2.38. The lowest BCUT2D eigenvalue weighted by atomic mass is 10.2. The molecule has 0 radical (unpaired) electrons. The summed E-state index contributed by atoms with van der Waals surface area (Å²) in [6.07, 6.45) is 3.43. The van der Waals surface area contributed by atoms with E-state index in [-0.39, 0.29) is 0 Å². The molecule has 1 N–H and O–H groups in total. The predicted octanol–water partition coefficient (Wildman–Crippen LogP) is 3.12. The lowest BCUT2D eigenvalue weighted by Gasteiger charge is -2.19. The van der Waals surface area contributed by atoms with Crippen LogP contribution in [-0.2, 0) is 16.6 Å². The smallest absolute Gasteiger partial charge is 0.0504 e. The van der Waals surface area contributed by atoms with Crippen LogP contribution in [0.5, 0.6) is 0 Å². The van der Waals surface area contributed by atoms with Gasteiger partial charge in [-0.15, -0.1) is 0 Å². The van der Waals surface area contributed by atoms with Crippen LogP contribution in [0.1, 0.15) is 31.7 Å². The summed E-state index contributed by atoms with van der Waals surface area (Å²) >= 11 is 5.85. The van der Waals surface area contributed by atoms with E-state index in [0.29, 0.717) is 17.0 Å². The van der Waals surface area contributed by atoms with Gasteiger partial charge in [-0.25, -0.2) is 0 Å². The Morgan fingerprint density at radius 3 is 2.72 bits per heavy atom. The van der Waals surface area contributed by atoms with E-state index in [9.17, 15) is 4.21 Å². The fourth-order valence-electron chi connectivity index (χ4n) is 2.59. The van der Waals surface area contributed by atoms with Gasteiger partial charge in [0.05, 0.1) is 5.25 Å². The largest absolute Gasteiger partial charge is 0.313 e. The summed E-state index contributed by atoms with van der Waals surface area (Å²) in [5.41, 5.74) is 1.11. The number of hydrogen-bond donors (Lipinski definition) is 1. The van der Waals surface area contributed by atoms with Crippen LogP contribution >= 0.6 is 11.6 Å². The summed E-state index contributed by atoms with van der Waals surface area (Å²) in [6.45, 7) is 3.07. The molecule has 1 aromatic rings. The van der Waals surface area contributed by atoms with Crippen LogP contribution in [0.3, 0.4) is 0 Å². The zero-order valence-electron chi connectivity index (χ0n) is 10.7. The number of rotatable bonds is 5. The zero-order valence-corrected chi connectivity index (χ0v) is 12.3. The third kappa shape index (κ3) is 3.56. The van der Waals surface area contributed by atoms with Gasteiger partial charge in [0, 0.05) is 27.6 Å². The molecule has 0 saturated heterocycles. The van der Waals surface area contributed by atoms with Crippen LogP contribution in [0.15, 0.2) is 24.3 Å². The van der Waals surface area contributed by atoms with Crippen molar-refractivity contribution in [1.82, 2.24) is 5.32 Å². The SMILES string of the molecule is CCNC1CCCC1S(=O)Cc1ccc(Cl)cc1. The normalized spacial score (nSPS) is 25.2. The van der Waals surface area contributed by atoms with Crippen molar-refractivity contribution in [2.45, 2.75) is 43.2 Å². The van der Waals surface area contributed by atoms with Gasteiger partial charge in [0.2, 0.25) is 0 Å². The molecule has 0 spiro atoms. The monoisotopic (exact) mass is 285 g/mol. The fraction of sp³-hybridized carbons (Fsp3) is 0.571. The van der Waals surface area contributed by atoms with E-state index in [4.69, 9.17) is 11.6 Å². The van der Waals surface area contributed by atoms with Crippen molar-refractivity contribution in [3.05, 3.63) is 34.9 Å². The Labute approximate surface area is 117 Å². The maximum Gasteiger partial charge on any atom is 0.0504 e. The van der Waals surface area contributed by atoms with Crippen LogP contribution in [0.2, 0.25) is 5.02 Å². The van der Waals surface area contributed by atoms with Crippen molar-refractivity contribution in [3.8, 4) is 0 Å². The van der Waals surface area contributed by atoms with E-state index >= 15 is 0 Å². The lowest BCUT2D eigenvalue weighted by molar-refractivity contribution is 0.541. The first kappa shape index (κ1) is 14.0. The van der Waals surface area contributed by atoms with Crippen LogP contribution in [0.4, 0.5) is 0 Å². The molecule has 1 aliphatic carbocycles. The van der Waals surface area contributed by atoms with E-state index in [1.54, 1.807) is 0 Å². The molecule has 2 rings (SSSR count). The summed E-state index contributed by atoms with van der Waals surface area (Å²) in [6, 6.07) is 8.10. The predicted molar refractivity (Wildman–Crippen MR) is 78.4 cm³/mol. The third-order valence-corrected chi connectivity index (χ3v) is 5.59. The van der Waals surface area contributed by atoms with Gasteiger partial charge in [-0.2, -0.15) is 0 Å². The number of hydrogen-bond acceptors (Lipinski definition) is 2. The Balaban J connectivity index is 1.96. The molecule has 0 bridgehead atoms. The molecule has 3 atom stereocenters. The second-order valence-corrected chi connectivity index (χ2v) is 6.88. The highest BCUT2D eigenvalue weighted by Crippen LogP contribution is 2.25. The summed E-state index contributed by atoms with van der Waals surface area (Å²) < 4.78 is 12.4. The molecule has 1 fully saturated rings. The molecule has 0 aromatic heterocycles. The molecule has 100 valence electrons. The third-order valence-electron chi connectivity index (χ3n) is 3.48. The molecular formula is C14H20ClNOS. The minimum absolute atomic E-state index is 0.306. The Morgan fingerprint density at radius 1 is 1.33 bits per heavy atom. The van der Waals surface area contributed by atoms with Crippen LogP contribution in [-0.4, -0.2) is 22.0 Å².